The van der Waals surface area contributed by atoms with Crippen molar-refractivity contribution in [3.8, 4) is 17.2 Å². The van der Waals surface area contributed by atoms with Crippen molar-refractivity contribution in [2.24, 2.45) is 0 Å². The van der Waals surface area contributed by atoms with Crippen molar-refractivity contribution in [2.75, 3.05) is 25.6 Å². The fourth-order valence-electron chi connectivity index (χ4n) is 3.04. The third-order valence-corrected chi connectivity index (χ3v) is 5.38. The monoisotopic (exact) mass is 470 g/mol. The van der Waals surface area contributed by atoms with Gasteiger partial charge in [-0.1, -0.05) is 6.07 Å². The predicted octanol–water partition coefficient (Wildman–Crippen LogP) is 4.56. The molecular formula is C24H26N2O6S. The number of imide groups is 1. The third-order valence-electron chi connectivity index (χ3n) is 4.48. The van der Waals surface area contributed by atoms with E-state index in [1.165, 1.54) is 0 Å². The van der Waals surface area contributed by atoms with Crippen molar-refractivity contribution < 1.29 is 28.6 Å². The molecule has 8 nitrogen and oxygen atoms in total. The summed E-state index contributed by atoms with van der Waals surface area (Å²) in [6.45, 7) is 5.79. The van der Waals surface area contributed by atoms with Crippen LogP contribution in [0.2, 0.25) is 0 Å². The minimum Gasteiger partial charge on any atom is -0.497 e. The second-order valence-electron chi connectivity index (χ2n) is 7.35. The first-order valence-electron chi connectivity index (χ1n) is 10.4. The maximum absolute atomic E-state index is 12.8. The number of methoxy groups -OCH3 is 1. The Bertz CT molecular complexity index is 1070. The Balaban J connectivity index is 1.70. The minimum atomic E-state index is -0.518. The zero-order valence-electron chi connectivity index (χ0n) is 18.9. The van der Waals surface area contributed by atoms with E-state index in [-0.39, 0.29) is 17.6 Å². The lowest BCUT2D eigenvalue weighted by Gasteiger charge is -2.15. The lowest BCUT2D eigenvalue weighted by molar-refractivity contribution is -0.127. The SMILES string of the molecule is CCOc1cc(/C=C2/SC(=O)N(CC(=O)Nc3ccc(OC)cc3)C2=O)ccc1OC(C)C. The molecule has 1 fully saturated rings. The lowest BCUT2D eigenvalue weighted by atomic mass is 10.1. The van der Waals surface area contributed by atoms with Gasteiger partial charge in [-0.3, -0.25) is 19.3 Å². The lowest BCUT2D eigenvalue weighted by Crippen LogP contribution is -2.36. The average Bonchev–Trinajstić information content (AvgIpc) is 3.03. The molecule has 0 bridgehead atoms. The van der Waals surface area contributed by atoms with E-state index in [4.69, 9.17) is 14.2 Å². The van der Waals surface area contributed by atoms with Gasteiger partial charge in [0, 0.05) is 5.69 Å². The molecule has 2 aromatic carbocycles. The number of carbonyl (C=O) groups excluding carboxylic acids is 3. The van der Waals surface area contributed by atoms with Gasteiger partial charge in [-0.2, -0.15) is 0 Å². The highest BCUT2D eigenvalue weighted by Gasteiger charge is 2.36. The smallest absolute Gasteiger partial charge is 0.294 e. The molecule has 0 aliphatic carbocycles. The van der Waals surface area contributed by atoms with E-state index in [2.05, 4.69) is 5.32 Å². The fraction of sp³-hybridized carbons (Fsp3) is 0.292. The van der Waals surface area contributed by atoms with Gasteiger partial charge in [0.2, 0.25) is 5.91 Å². The minimum absolute atomic E-state index is 0.0179. The molecule has 1 N–H and O–H groups in total. The summed E-state index contributed by atoms with van der Waals surface area (Å²) in [5.41, 5.74) is 1.22. The molecule has 0 radical (unpaired) electrons. The Kier molecular flexibility index (Phi) is 8.00. The van der Waals surface area contributed by atoms with Crippen LogP contribution < -0.4 is 19.5 Å². The summed E-state index contributed by atoms with van der Waals surface area (Å²) >= 11 is 0.794. The molecule has 1 aliphatic heterocycles. The number of anilines is 1. The third kappa shape index (κ3) is 6.29. The molecule has 3 rings (SSSR count). The number of rotatable bonds is 9. The highest BCUT2D eigenvalue weighted by molar-refractivity contribution is 8.18. The summed E-state index contributed by atoms with van der Waals surface area (Å²) < 4.78 is 16.5. The normalized spacial score (nSPS) is 14.7. The Morgan fingerprint density at radius 1 is 1.12 bits per heavy atom. The topological polar surface area (TPSA) is 94.2 Å². The summed E-state index contributed by atoms with van der Waals surface area (Å²) in [6, 6.07) is 12.1. The molecule has 174 valence electrons. The number of nitrogens with one attached hydrogen (secondary N) is 1. The van der Waals surface area contributed by atoms with Crippen molar-refractivity contribution in [1.82, 2.24) is 4.90 Å². The molecule has 3 amide bonds. The summed E-state index contributed by atoms with van der Waals surface area (Å²) in [7, 11) is 1.55. The highest BCUT2D eigenvalue weighted by atomic mass is 32.2. The number of benzene rings is 2. The largest absolute Gasteiger partial charge is 0.497 e. The van der Waals surface area contributed by atoms with Crippen LogP contribution in [0, 0.1) is 0 Å². The van der Waals surface area contributed by atoms with Crippen LogP contribution in [-0.4, -0.2) is 48.3 Å². The molecule has 0 unspecified atom stereocenters. The molecule has 0 saturated carbocycles. The van der Waals surface area contributed by atoms with Crippen LogP contribution in [0.1, 0.15) is 26.3 Å². The van der Waals surface area contributed by atoms with E-state index in [9.17, 15) is 14.4 Å². The first-order chi connectivity index (χ1) is 15.8. The molecule has 2 aromatic rings. The van der Waals surface area contributed by atoms with E-state index < -0.39 is 17.1 Å². The summed E-state index contributed by atoms with van der Waals surface area (Å²) in [5, 5.41) is 2.17. The standard InChI is InChI=1S/C24H26N2O6S/c1-5-31-20-12-16(6-11-19(20)32-15(2)3)13-21-23(28)26(24(29)33-21)14-22(27)25-17-7-9-18(30-4)10-8-17/h6-13,15H,5,14H2,1-4H3,(H,25,27)/b21-13+. The number of carbonyl (C=O) groups is 3. The number of ether oxygens (including phenoxy) is 3. The first-order valence-corrected chi connectivity index (χ1v) is 11.2. The van der Waals surface area contributed by atoms with Crippen molar-refractivity contribution in [3.05, 3.63) is 52.9 Å². The Morgan fingerprint density at radius 3 is 2.48 bits per heavy atom. The molecule has 0 atom stereocenters. The number of hydrogen-bond donors (Lipinski definition) is 1. The zero-order valence-corrected chi connectivity index (χ0v) is 19.7. The molecule has 33 heavy (non-hydrogen) atoms. The summed E-state index contributed by atoms with van der Waals surface area (Å²) in [4.78, 5) is 38.7. The van der Waals surface area contributed by atoms with Crippen LogP contribution in [0.4, 0.5) is 10.5 Å². The molecule has 1 saturated heterocycles. The van der Waals surface area contributed by atoms with Gasteiger partial charge in [0.1, 0.15) is 12.3 Å². The fourth-order valence-corrected chi connectivity index (χ4v) is 3.88. The second-order valence-corrected chi connectivity index (χ2v) is 8.34. The van der Waals surface area contributed by atoms with Crippen LogP contribution >= 0.6 is 11.8 Å². The Hall–Kier alpha value is -3.46. The van der Waals surface area contributed by atoms with Gasteiger partial charge >= 0.3 is 0 Å². The molecular weight excluding hydrogens is 444 g/mol. The molecule has 9 heteroatoms. The number of amides is 3. The van der Waals surface area contributed by atoms with E-state index in [0.717, 1.165) is 16.7 Å². The van der Waals surface area contributed by atoms with Crippen LogP contribution in [0.15, 0.2) is 47.4 Å². The van der Waals surface area contributed by atoms with Crippen molar-refractivity contribution in [3.63, 3.8) is 0 Å². The van der Waals surface area contributed by atoms with Crippen molar-refractivity contribution >= 4 is 40.6 Å². The number of nitrogens with zero attached hydrogens (tertiary/aromatic N) is 1. The average molecular weight is 471 g/mol. The molecule has 1 heterocycles. The maximum atomic E-state index is 12.8. The first kappa shape index (κ1) is 24.2. The van der Waals surface area contributed by atoms with E-state index >= 15 is 0 Å². The molecule has 1 aliphatic rings. The van der Waals surface area contributed by atoms with Crippen LogP contribution in [0.5, 0.6) is 17.2 Å². The van der Waals surface area contributed by atoms with Gasteiger partial charge in [-0.05, 0) is 80.6 Å². The van der Waals surface area contributed by atoms with Crippen molar-refractivity contribution in [2.45, 2.75) is 26.9 Å². The summed E-state index contributed by atoms with van der Waals surface area (Å²) in [6.07, 6.45) is 1.59. The van der Waals surface area contributed by atoms with Gasteiger partial charge in [-0.25, -0.2) is 0 Å². The van der Waals surface area contributed by atoms with Gasteiger partial charge < -0.3 is 19.5 Å². The van der Waals surface area contributed by atoms with Crippen LogP contribution in [0.25, 0.3) is 6.08 Å². The van der Waals surface area contributed by atoms with Gasteiger partial charge in [0.15, 0.2) is 11.5 Å². The van der Waals surface area contributed by atoms with Gasteiger partial charge in [0.05, 0.1) is 24.7 Å². The highest BCUT2D eigenvalue weighted by Crippen LogP contribution is 2.35. The van der Waals surface area contributed by atoms with Crippen LogP contribution in [0.3, 0.4) is 0 Å². The van der Waals surface area contributed by atoms with Gasteiger partial charge in [-0.15, -0.1) is 0 Å². The van der Waals surface area contributed by atoms with Gasteiger partial charge in [0.25, 0.3) is 11.1 Å². The summed E-state index contributed by atoms with van der Waals surface area (Å²) in [5.74, 6) is 0.818. The van der Waals surface area contributed by atoms with Crippen LogP contribution in [-0.2, 0) is 9.59 Å². The molecule has 0 spiro atoms. The number of hydrogen-bond acceptors (Lipinski definition) is 7. The van der Waals surface area contributed by atoms with E-state index in [1.807, 2.05) is 20.8 Å². The maximum Gasteiger partial charge on any atom is 0.294 e. The van der Waals surface area contributed by atoms with E-state index in [1.54, 1.807) is 55.7 Å². The molecule has 0 aromatic heterocycles. The van der Waals surface area contributed by atoms with E-state index in [0.29, 0.717) is 35.1 Å². The predicted molar refractivity (Wildman–Crippen MR) is 128 cm³/mol. The quantitative estimate of drug-likeness (QED) is 0.537. The Morgan fingerprint density at radius 2 is 1.85 bits per heavy atom. The second kappa shape index (κ2) is 10.9. The van der Waals surface area contributed by atoms with Crippen molar-refractivity contribution in [1.29, 1.82) is 0 Å². The zero-order chi connectivity index (χ0) is 24.0. The Labute approximate surface area is 196 Å². The number of thioether (sulfide) groups is 1.